The maximum Gasteiger partial charge on any atom is 0.319 e. The van der Waals surface area contributed by atoms with Crippen molar-refractivity contribution in [2.24, 2.45) is 0 Å². The zero-order valence-corrected chi connectivity index (χ0v) is 15.8. The molecule has 1 aliphatic heterocycles. The molecule has 0 saturated carbocycles. The molecule has 2 amide bonds. The Morgan fingerprint density at radius 1 is 1.04 bits per heavy atom. The molecule has 1 atom stereocenters. The van der Waals surface area contributed by atoms with Crippen LogP contribution in [0, 0.1) is 0 Å². The highest BCUT2D eigenvalue weighted by Gasteiger charge is 2.16. The molecule has 4 nitrogen and oxygen atoms in total. The topological polar surface area (TPSA) is 53.2 Å². The minimum atomic E-state index is -0.107. The molecule has 1 aromatic carbocycles. The molecule has 0 radical (unpaired) electrons. The summed E-state index contributed by atoms with van der Waals surface area (Å²) in [5.41, 5.74) is 2.22. The van der Waals surface area contributed by atoms with Gasteiger partial charge >= 0.3 is 6.03 Å². The third-order valence-corrected chi connectivity index (χ3v) is 4.93. The lowest BCUT2D eigenvalue weighted by Gasteiger charge is -2.12. The molecule has 0 spiro atoms. The molecule has 1 heterocycles. The zero-order valence-electron chi connectivity index (χ0n) is 15.8. The predicted octanol–water partition coefficient (Wildman–Crippen LogP) is 4.85. The largest absolute Gasteiger partial charge is 0.334 e. The zero-order chi connectivity index (χ0) is 17.7. The first-order chi connectivity index (χ1) is 12.3. The molecule has 0 bridgehead atoms. The molecule has 0 aliphatic carbocycles. The Kier molecular flexibility index (Phi) is 9.42. The lowest BCUT2D eigenvalue weighted by atomic mass is 10.0. The number of amides is 2. The Hall–Kier alpha value is -1.55. The molecule has 1 aliphatic rings. The van der Waals surface area contributed by atoms with Crippen molar-refractivity contribution in [3.8, 4) is 0 Å². The fraction of sp³-hybridized carbons (Fsp3) is 0.667. The van der Waals surface area contributed by atoms with Gasteiger partial charge in [-0.15, -0.1) is 0 Å². The van der Waals surface area contributed by atoms with Gasteiger partial charge in [0.15, 0.2) is 0 Å². The van der Waals surface area contributed by atoms with E-state index in [-0.39, 0.29) is 12.1 Å². The van der Waals surface area contributed by atoms with Crippen molar-refractivity contribution < 1.29 is 4.79 Å². The summed E-state index contributed by atoms with van der Waals surface area (Å²) >= 11 is 0. The van der Waals surface area contributed by atoms with Gasteiger partial charge in [-0.2, -0.15) is 0 Å². The number of carbonyl (C=O) groups excluding carboxylic acids is 1. The van der Waals surface area contributed by atoms with E-state index >= 15 is 0 Å². The Morgan fingerprint density at radius 2 is 1.72 bits per heavy atom. The van der Waals surface area contributed by atoms with Gasteiger partial charge in [0.25, 0.3) is 0 Å². The van der Waals surface area contributed by atoms with Crippen molar-refractivity contribution in [2.75, 3.05) is 18.4 Å². The maximum atomic E-state index is 11.9. The maximum absolute atomic E-state index is 11.9. The summed E-state index contributed by atoms with van der Waals surface area (Å²) in [6.45, 7) is 4.11. The van der Waals surface area contributed by atoms with E-state index in [4.69, 9.17) is 0 Å². The Morgan fingerprint density at radius 3 is 2.36 bits per heavy atom. The lowest BCUT2D eigenvalue weighted by molar-refractivity contribution is 0.249. The highest BCUT2D eigenvalue weighted by Crippen LogP contribution is 2.14. The van der Waals surface area contributed by atoms with Crippen LogP contribution in [0.3, 0.4) is 0 Å². The van der Waals surface area contributed by atoms with Crippen LogP contribution in [0.2, 0.25) is 0 Å². The fourth-order valence-corrected chi connectivity index (χ4v) is 3.35. The minimum Gasteiger partial charge on any atom is -0.334 e. The van der Waals surface area contributed by atoms with Crippen LogP contribution < -0.4 is 16.0 Å². The SMILES string of the molecule is CCCCCCCCCCc1ccc(NC(=O)N[C@H]2CCNC2)cc1. The summed E-state index contributed by atoms with van der Waals surface area (Å²) in [7, 11) is 0. The van der Waals surface area contributed by atoms with Gasteiger partial charge in [-0.3, -0.25) is 0 Å². The fourth-order valence-electron chi connectivity index (χ4n) is 3.35. The van der Waals surface area contributed by atoms with Crippen LogP contribution in [0.1, 0.15) is 70.3 Å². The number of aryl methyl sites for hydroxylation is 1. The molecular weight excluding hydrogens is 310 g/mol. The van der Waals surface area contributed by atoms with Crippen LogP contribution in [-0.4, -0.2) is 25.2 Å². The summed E-state index contributed by atoms with van der Waals surface area (Å²) in [6, 6.07) is 8.42. The first-order valence-electron chi connectivity index (χ1n) is 10.1. The second-order valence-corrected chi connectivity index (χ2v) is 7.21. The van der Waals surface area contributed by atoms with E-state index in [0.29, 0.717) is 0 Å². The minimum absolute atomic E-state index is 0.107. The normalized spacial score (nSPS) is 16.8. The molecule has 1 aromatic rings. The molecule has 3 N–H and O–H groups in total. The third-order valence-electron chi connectivity index (χ3n) is 4.93. The third kappa shape index (κ3) is 8.39. The van der Waals surface area contributed by atoms with E-state index in [1.807, 2.05) is 12.1 Å². The summed E-state index contributed by atoms with van der Waals surface area (Å²) in [5, 5.41) is 9.16. The summed E-state index contributed by atoms with van der Waals surface area (Å²) < 4.78 is 0. The molecule has 0 unspecified atom stereocenters. The van der Waals surface area contributed by atoms with Crippen LogP contribution >= 0.6 is 0 Å². The lowest BCUT2D eigenvalue weighted by Crippen LogP contribution is -2.39. The molecule has 0 aromatic heterocycles. The first-order valence-corrected chi connectivity index (χ1v) is 10.1. The first kappa shape index (κ1) is 19.8. The monoisotopic (exact) mass is 345 g/mol. The van der Waals surface area contributed by atoms with Gasteiger partial charge in [0.05, 0.1) is 0 Å². The highest BCUT2D eigenvalue weighted by atomic mass is 16.2. The van der Waals surface area contributed by atoms with E-state index in [9.17, 15) is 4.79 Å². The van der Waals surface area contributed by atoms with Crippen molar-refractivity contribution in [3.63, 3.8) is 0 Å². The van der Waals surface area contributed by atoms with E-state index in [2.05, 4.69) is 35.0 Å². The molecule has 2 rings (SSSR count). The number of hydrogen-bond donors (Lipinski definition) is 3. The number of rotatable bonds is 11. The van der Waals surface area contributed by atoms with Gasteiger partial charge < -0.3 is 16.0 Å². The number of hydrogen-bond acceptors (Lipinski definition) is 2. The Balaban J connectivity index is 1.57. The predicted molar refractivity (Wildman–Crippen MR) is 106 cm³/mol. The highest BCUT2D eigenvalue weighted by molar-refractivity contribution is 5.89. The van der Waals surface area contributed by atoms with Crippen LogP contribution in [0.4, 0.5) is 10.5 Å². The standard InChI is InChI=1S/C21H35N3O/c1-2-3-4-5-6-7-8-9-10-18-11-13-19(14-12-18)23-21(25)24-20-15-16-22-17-20/h11-14,20,22H,2-10,15-17H2,1H3,(H2,23,24,25)/t20-/m0/s1. The van der Waals surface area contributed by atoms with E-state index in [1.165, 1.54) is 56.9 Å². The average molecular weight is 346 g/mol. The van der Waals surface area contributed by atoms with Crippen molar-refractivity contribution in [1.82, 2.24) is 10.6 Å². The van der Waals surface area contributed by atoms with Gasteiger partial charge in [-0.1, -0.05) is 64.0 Å². The number of urea groups is 1. The van der Waals surface area contributed by atoms with Crippen LogP contribution in [0.25, 0.3) is 0 Å². The molecule has 4 heteroatoms. The van der Waals surface area contributed by atoms with Crippen molar-refractivity contribution in [1.29, 1.82) is 0 Å². The summed E-state index contributed by atoms with van der Waals surface area (Å²) in [4.78, 5) is 11.9. The second kappa shape index (κ2) is 11.9. The molecule has 1 saturated heterocycles. The number of carbonyl (C=O) groups is 1. The van der Waals surface area contributed by atoms with Gasteiger partial charge in [-0.05, 0) is 43.5 Å². The smallest absolute Gasteiger partial charge is 0.319 e. The Bertz CT molecular complexity index is 480. The van der Waals surface area contributed by atoms with E-state index < -0.39 is 0 Å². The van der Waals surface area contributed by atoms with Gasteiger partial charge in [0.2, 0.25) is 0 Å². The van der Waals surface area contributed by atoms with Crippen LogP contribution in [-0.2, 0) is 6.42 Å². The van der Waals surface area contributed by atoms with Gasteiger partial charge in [0.1, 0.15) is 0 Å². The quantitative estimate of drug-likeness (QED) is 0.502. The van der Waals surface area contributed by atoms with Crippen molar-refractivity contribution in [3.05, 3.63) is 29.8 Å². The Labute approximate surface area is 153 Å². The van der Waals surface area contributed by atoms with Gasteiger partial charge in [-0.25, -0.2) is 4.79 Å². The van der Waals surface area contributed by atoms with E-state index in [0.717, 1.165) is 31.6 Å². The number of anilines is 1. The van der Waals surface area contributed by atoms with Crippen LogP contribution in [0.5, 0.6) is 0 Å². The van der Waals surface area contributed by atoms with Gasteiger partial charge in [0, 0.05) is 18.3 Å². The number of benzene rings is 1. The number of nitrogens with one attached hydrogen (secondary N) is 3. The number of unbranched alkanes of at least 4 members (excludes halogenated alkanes) is 7. The molecular formula is C21H35N3O. The summed E-state index contributed by atoms with van der Waals surface area (Å²) in [5.74, 6) is 0. The molecule has 1 fully saturated rings. The van der Waals surface area contributed by atoms with Crippen LogP contribution in [0.15, 0.2) is 24.3 Å². The summed E-state index contributed by atoms with van der Waals surface area (Å²) in [6.07, 6.45) is 13.0. The van der Waals surface area contributed by atoms with E-state index in [1.54, 1.807) is 0 Å². The van der Waals surface area contributed by atoms with Crippen molar-refractivity contribution >= 4 is 11.7 Å². The molecule has 140 valence electrons. The van der Waals surface area contributed by atoms with Crippen molar-refractivity contribution in [2.45, 2.75) is 77.2 Å². The second-order valence-electron chi connectivity index (χ2n) is 7.21. The molecule has 25 heavy (non-hydrogen) atoms. The average Bonchev–Trinajstić information content (AvgIpc) is 3.11.